The average Bonchev–Trinajstić information content (AvgIpc) is 2.25. The third-order valence-corrected chi connectivity index (χ3v) is 3.08. The van der Waals surface area contributed by atoms with Gasteiger partial charge in [-0.05, 0) is 38.1 Å². The van der Waals surface area contributed by atoms with E-state index in [1.165, 1.54) is 38.8 Å². The minimum atomic E-state index is 0.871. The first-order valence-corrected chi connectivity index (χ1v) is 4.79. The molecule has 0 spiro atoms. The molecule has 1 aliphatic heterocycles. The lowest BCUT2D eigenvalue weighted by Crippen LogP contribution is -2.18. The van der Waals surface area contributed by atoms with Gasteiger partial charge in [-0.15, -0.1) is 0 Å². The van der Waals surface area contributed by atoms with Crippen molar-refractivity contribution >= 4 is 0 Å². The van der Waals surface area contributed by atoms with Gasteiger partial charge in [0.05, 0.1) is 0 Å². The summed E-state index contributed by atoms with van der Waals surface area (Å²) in [7, 11) is 0. The number of nitrogens with one attached hydrogen (secondary N) is 1. The number of hydrogen-bond donors (Lipinski definition) is 1. The summed E-state index contributed by atoms with van der Waals surface area (Å²) in [5.41, 5.74) is 3.52. The summed E-state index contributed by atoms with van der Waals surface area (Å²) in [6.07, 6.45) is 5.52. The maximum absolute atomic E-state index is 3.49. The van der Waals surface area contributed by atoms with E-state index in [0.29, 0.717) is 0 Å². The van der Waals surface area contributed by atoms with Gasteiger partial charge in [-0.25, -0.2) is 0 Å². The molecule has 1 atom stereocenters. The summed E-state index contributed by atoms with van der Waals surface area (Å²) >= 11 is 0. The van der Waals surface area contributed by atoms with E-state index in [4.69, 9.17) is 0 Å². The van der Waals surface area contributed by atoms with Crippen molar-refractivity contribution in [1.29, 1.82) is 0 Å². The molecule has 0 aromatic rings. The molecule has 1 heteroatoms. The van der Waals surface area contributed by atoms with Gasteiger partial charge in [0.1, 0.15) is 0 Å². The molecule has 1 heterocycles. The molecule has 0 saturated heterocycles. The minimum Gasteiger partial charge on any atom is -0.313 e. The van der Waals surface area contributed by atoms with E-state index in [1.807, 2.05) is 0 Å². The fourth-order valence-electron chi connectivity index (χ4n) is 2.31. The van der Waals surface area contributed by atoms with Gasteiger partial charge in [0.25, 0.3) is 0 Å². The lowest BCUT2D eigenvalue weighted by Gasteiger charge is -2.08. The van der Waals surface area contributed by atoms with Crippen LogP contribution in [0, 0.1) is 5.92 Å². The first-order chi connectivity index (χ1) is 5.38. The van der Waals surface area contributed by atoms with E-state index < -0.39 is 0 Å². The molecule has 0 amide bonds. The molecule has 1 unspecified atom stereocenters. The van der Waals surface area contributed by atoms with E-state index in [0.717, 1.165) is 5.92 Å². The molecule has 0 bridgehead atoms. The Kier molecular flexibility index (Phi) is 1.99. The third kappa shape index (κ3) is 1.34. The second-order valence-electron chi connectivity index (χ2n) is 3.85. The van der Waals surface area contributed by atoms with Crippen molar-refractivity contribution in [3.8, 4) is 0 Å². The Morgan fingerprint density at radius 2 is 2.27 bits per heavy atom. The van der Waals surface area contributed by atoms with Crippen LogP contribution in [-0.4, -0.2) is 13.1 Å². The van der Waals surface area contributed by atoms with E-state index in [2.05, 4.69) is 12.2 Å². The van der Waals surface area contributed by atoms with Crippen LogP contribution in [0.3, 0.4) is 0 Å². The Balaban J connectivity index is 2.15. The lowest BCUT2D eigenvalue weighted by atomic mass is 10.0. The molecule has 11 heavy (non-hydrogen) atoms. The summed E-state index contributed by atoms with van der Waals surface area (Å²) in [5, 5.41) is 3.49. The van der Waals surface area contributed by atoms with Crippen molar-refractivity contribution in [2.75, 3.05) is 13.1 Å². The molecule has 0 saturated carbocycles. The molecule has 62 valence electrons. The Bertz CT molecular complexity index is 181. The van der Waals surface area contributed by atoms with E-state index >= 15 is 0 Å². The van der Waals surface area contributed by atoms with Gasteiger partial charge >= 0.3 is 0 Å². The topological polar surface area (TPSA) is 12.0 Å². The van der Waals surface area contributed by atoms with Gasteiger partial charge in [0.2, 0.25) is 0 Å². The van der Waals surface area contributed by atoms with Gasteiger partial charge in [-0.3, -0.25) is 0 Å². The molecule has 2 rings (SSSR count). The largest absolute Gasteiger partial charge is 0.313 e. The Hall–Kier alpha value is -0.300. The van der Waals surface area contributed by atoms with Gasteiger partial charge in [-0.2, -0.15) is 0 Å². The Labute approximate surface area is 68.9 Å². The van der Waals surface area contributed by atoms with Crippen LogP contribution in [-0.2, 0) is 0 Å². The quantitative estimate of drug-likeness (QED) is 0.523. The molecule has 2 aliphatic rings. The van der Waals surface area contributed by atoms with Crippen molar-refractivity contribution in [2.45, 2.75) is 32.6 Å². The van der Waals surface area contributed by atoms with Crippen LogP contribution in [0.2, 0.25) is 0 Å². The first-order valence-electron chi connectivity index (χ1n) is 4.79. The summed E-state index contributed by atoms with van der Waals surface area (Å²) in [5.74, 6) is 0.871. The van der Waals surface area contributed by atoms with Crippen molar-refractivity contribution < 1.29 is 0 Å². The van der Waals surface area contributed by atoms with Gasteiger partial charge < -0.3 is 5.32 Å². The molecule has 0 fully saturated rings. The molecular formula is C10H17N. The SMILES string of the molecule is CC1CCC2=C1CNCCC2. The van der Waals surface area contributed by atoms with Gasteiger partial charge in [0, 0.05) is 6.54 Å². The van der Waals surface area contributed by atoms with Crippen LogP contribution in [0.15, 0.2) is 11.1 Å². The van der Waals surface area contributed by atoms with E-state index in [1.54, 1.807) is 11.1 Å². The summed E-state index contributed by atoms with van der Waals surface area (Å²) < 4.78 is 0. The second kappa shape index (κ2) is 2.98. The Morgan fingerprint density at radius 1 is 1.36 bits per heavy atom. The van der Waals surface area contributed by atoms with E-state index in [-0.39, 0.29) is 0 Å². The standard InChI is InChI=1S/C10H17N/c1-8-4-5-9-3-2-6-11-7-10(8)9/h8,11H,2-7H2,1H3. The Morgan fingerprint density at radius 3 is 3.18 bits per heavy atom. The minimum absolute atomic E-state index is 0.871. The molecule has 0 aromatic carbocycles. The van der Waals surface area contributed by atoms with Crippen LogP contribution in [0.4, 0.5) is 0 Å². The highest BCUT2D eigenvalue weighted by Gasteiger charge is 2.22. The summed E-state index contributed by atoms with van der Waals surface area (Å²) in [4.78, 5) is 0. The predicted octanol–water partition coefficient (Wildman–Crippen LogP) is 2.10. The fraction of sp³-hybridized carbons (Fsp3) is 0.800. The van der Waals surface area contributed by atoms with Crippen molar-refractivity contribution in [2.24, 2.45) is 5.92 Å². The second-order valence-corrected chi connectivity index (χ2v) is 3.85. The smallest absolute Gasteiger partial charge is 0.0169 e. The number of allylic oxidation sites excluding steroid dienone is 1. The van der Waals surface area contributed by atoms with Crippen LogP contribution in [0.1, 0.15) is 32.6 Å². The van der Waals surface area contributed by atoms with Crippen LogP contribution < -0.4 is 5.32 Å². The molecule has 0 aromatic heterocycles. The van der Waals surface area contributed by atoms with Gasteiger partial charge in [-0.1, -0.05) is 18.1 Å². The third-order valence-electron chi connectivity index (χ3n) is 3.08. The lowest BCUT2D eigenvalue weighted by molar-refractivity contribution is 0.610. The predicted molar refractivity (Wildman–Crippen MR) is 47.5 cm³/mol. The highest BCUT2D eigenvalue weighted by molar-refractivity contribution is 5.24. The fourth-order valence-corrected chi connectivity index (χ4v) is 2.31. The zero-order valence-corrected chi connectivity index (χ0v) is 7.32. The normalized spacial score (nSPS) is 31.9. The zero-order chi connectivity index (χ0) is 7.68. The highest BCUT2D eigenvalue weighted by atomic mass is 14.9. The highest BCUT2D eigenvalue weighted by Crippen LogP contribution is 2.34. The molecule has 1 nitrogen and oxygen atoms in total. The molecule has 0 radical (unpaired) electrons. The zero-order valence-electron chi connectivity index (χ0n) is 7.32. The summed E-state index contributed by atoms with van der Waals surface area (Å²) in [6.45, 7) is 4.77. The van der Waals surface area contributed by atoms with Crippen LogP contribution >= 0.6 is 0 Å². The molecular weight excluding hydrogens is 134 g/mol. The maximum Gasteiger partial charge on any atom is 0.0169 e. The van der Waals surface area contributed by atoms with Crippen molar-refractivity contribution in [3.05, 3.63) is 11.1 Å². The molecule has 1 aliphatic carbocycles. The summed E-state index contributed by atoms with van der Waals surface area (Å²) in [6, 6.07) is 0. The molecule has 1 N–H and O–H groups in total. The van der Waals surface area contributed by atoms with Crippen LogP contribution in [0.5, 0.6) is 0 Å². The first kappa shape index (κ1) is 7.35. The number of rotatable bonds is 0. The van der Waals surface area contributed by atoms with Crippen molar-refractivity contribution in [3.63, 3.8) is 0 Å². The van der Waals surface area contributed by atoms with Crippen LogP contribution in [0.25, 0.3) is 0 Å². The van der Waals surface area contributed by atoms with Gasteiger partial charge in [0.15, 0.2) is 0 Å². The maximum atomic E-state index is 3.49. The van der Waals surface area contributed by atoms with E-state index in [9.17, 15) is 0 Å². The van der Waals surface area contributed by atoms with Crippen molar-refractivity contribution in [1.82, 2.24) is 5.32 Å². The number of hydrogen-bond acceptors (Lipinski definition) is 1. The average molecular weight is 151 g/mol. The monoisotopic (exact) mass is 151 g/mol.